The number of pyridine rings is 1. The number of hydrogen-bond donors (Lipinski definition) is 2. The molecular formula is C15H17N3O. The molecule has 1 heterocycles. The molecule has 0 fully saturated rings. The van der Waals surface area contributed by atoms with Gasteiger partial charge in [-0.25, -0.2) is 0 Å². The van der Waals surface area contributed by atoms with Crippen LogP contribution < -0.4 is 11.1 Å². The zero-order chi connectivity index (χ0) is 14.0. The molecule has 1 aromatic carbocycles. The summed E-state index contributed by atoms with van der Waals surface area (Å²) in [4.78, 5) is 16.5. The molecule has 0 atom stereocenters. The highest BCUT2D eigenvalue weighted by Gasteiger charge is 2.11. The number of carbonyl (C=O) groups excluding carboxylic acids is 1. The Kier molecular flexibility index (Phi) is 3.51. The van der Waals surface area contributed by atoms with E-state index in [-0.39, 0.29) is 5.91 Å². The molecule has 1 amide bonds. The van der Waals surface area contributed by atoms with Crippen LogP contribution in [0.5, 0.6) is 0 Å². The molecule has 0 spiro atoms. The van der Waals surface area contributed by atoms with Crippen LogP contribution in [0, 0.1) is 20.8 Å². The molecule has 1 aromatic heterocycles. The Morgan fingerprint density at radius 3 is 2.58 bits per heavy atom. The Hall–Kier alpha value is -2.36. The van der Waals surface area contributed by atoms with E-state index in [0.717, 1.165) is 22.6 Å². The molecule has 0 aliphatic rings. The first-order valence-corrected chi connectivity index (χ1v) is 6.09. The highest BCUT2D eigenvalue weighted by atomic mass is 16.1. The van der Waals surface area contributed by atoms with E-state index in [1.807, 2.05) is 45.0 Å². The first kappa shape index (κ1) is 13.1. The number of nitrogen functional groups attached to an aromatic ring is 1. The average Bonchev–Trinajstić information content (AvgIpc) is 2.34. The average molecular weight is 255 g/mol. The zero-order valence-electron chi connectivity index (χ0n) is 11.3. The molecule has 0 bridgehead atoms. The number of nitrogens with zero attached hydrogens (tertiary/aromatic N) is 1. The lowest BCUT2D eigenvalue weighted by molar-refractivity contribution is 0.102. The predicted molar refractivity (Wildman–Crippen MR) is 77.3 cm³/mol. The summed E-state index contributed by atoms with van der Waals surface area (Å²) >= 11 is 0. The second-order valence-corrected chi connectivity index (χ2v) is 4.56. The van der Waals surface area contributed by atoms with Crippen molar-refractivity contribution < 1.29 is 4.79 Å². The lowest BCUT2D eigenvalue weighted by Crippen LogP contribution is -2.15. The van der Waals surface area contributed by atoms with Crippen LogP contribution in [0.3, 0.4) is 0 Å². The van der Waals surface area contributed by atoms with Gasteiger partial charge in [-0.1, -0.05) is 6.07 Å². The third kappa shape index (κ3) is 2.73. The lowest BCUT2D eigenvalue weighted by Gasteiger charge is -2.11. The first-order valence-electron chi connectivity index (χ1n) is 6.09. The van der Waals surface area contributed by atoms with Gasteiger partial charge in [0, 0.05) is 17.1 Å². The van der Waals surface area contributed by atoms with Gasteiger partial charge in [-0.2, -0.15) is 0 Å². The fraction of sp³-hybridized carbons (Fsp3) is 0.200. The van der Waals surface area contributed by atoms with Gasteiger partial charge in [0.25, 0.3) is 5.91 Å². The molecule has 0 aliphatic heterocycles. The van der Waals surface area contributed by atoms with Crippen LogP contribution in [-0.2, 0) is 0 Å². The van der Waals surface area contributed by atoms with Crippen LogP contribution in [0.4, 0.5) is 11.4 Å². The third-order valence-electron chi connectivity index (χ3n) is 3.09. The summed E-state index contributed by atoms with van der Waals surface area (Å²) in [5.74, 6) is -0.168. The van der Waals surface area contributed by atoms with Gasteiger partial charge in [-0.05, 0) is 50.6 Å². The second kappa shape index (κ2) is 5.10. The normalized spacial score (nSPS) is 10.3. The summed E-state index contributed by atoms with van der Waals surface area (Å²) in [6.07, 6.45) is 0. The van der Waals surface area contributed by atoms with Crippen LogP contribution in [0.25, 0.3) is 0 Å². The van der Waals surface area contributed by atoms with Crippen molar-refractivity contribution in [2.24, 2.45) is 0 Å². The first-order chi connectivity index (χ1) is 8.99. The monoisotopic (exact) mass is 255 g/mol. The molecule has 4 nitrogen and oxygen atoms in total. The Balaban J connectivity index is 2.28. The molecule has 98 valence electrons. The van der Waals surface area contributed by atoms with Crippen LogP contribution in [-0.4, -0.2) is 10.9 Å². The molecule has 2 rings (SSSR count). The number of amides is 1. The number of hydrogen-bond acceptors (Lipinski definition) is 3. The van der Waals surface area contributed by atoms with Crippen molar-refractivity contribution >= 4 is 17.3 Å². The maximum Gasteiger partial charge on any atom is 0.257 e. The van der Waals surface area contributed by atoms with E-state index < -0.39 is 0 Å². The maximum absolute atomic E-state index is 12.2. The summed E-state index contributed by atoms with van der Waals surface area (Å²) in [6.45, 7) is 5.61. The number of anilines is 2. The summed E-state index contributed by atoms with van der Waals surface area (Å²) in [7, 11) is 0. The van der Waals surface area contributed by atoms with Gasteiger partial charge in [0.05, 0.1) is 11.3 Å². The van der Waals surface area contributed by atoms with Crippen molar-refractivity contribution in [3.8, 4) is 0 Å². The molecule has 4 heteroatoms. The topological polar surface area (TPSA) is 68.0 Å². The van der Waals surface area contributed by atoms with E-state index in [1.54, 1.807) is 6.07 Å². The quantitative estimate of drug-likeness (QED) is 0.811. The molecule has 0 saturated heterocycles. The Labute approximate surface area is 112 Å². The standard InChI is InChI=1S/C15H17N3O/c1-9-7-8-12(11(3)17-9)15(19)18-14-6-4-5-13(16)10(14)2/h4-8H,16H2,1-3H3,(H,18,19). The van der Waals surface area contributed by atoms with E-state index in [1.165, 1.54) is 0 Å². The zero-order valence-corrected chi connectivity index (χ0v) is 11.3. The van der Waals surface area contributed by atoms with Gasteiger partial charge >= 0.3 is 0 Å². The molecule has 0 radical (unpaired) electrons. The van der Waals surface area contributed by atoms with Crippen molar-refractivity contribution in [1.82, 2.24) is 4.98 Å². The Morgan fingerprint density at radius 2 is 1.89 bits per heavy atom. The molecule has 0 saturated carbocycles. The Bertz CT molecular complexity index is 635. The molecule has 3 N–H and O–H groups in total. The van der Waals surface area contributed by atoms with Crippen molar-refractivity contribution in [2.45, 2.75) is 20.8 Å². The van der Waals surface area contributed by atoms with Crippen molar-refractivity contribution in [1.29, 1.82) is 0 Å². The van der Waals surface area contributed by atoms with Crippen molar-refractivity contribution in [3.63, 3.8) is 0 Å². The van der Waals surface area contributed by atoms with E-state index >= 15 is 0 Å². The molecule has 19 heavy (non-hydrogen) atoms. The fourth-order valence-electron chi connectivity index (χ4n) is 1.91. The highest BCUT2D eigenvalue weighted by molar-refractivity contribution is 6.05. The molecule has 0 aliphatic carbocycles. The summed E-state index contributed by atoms with van der Waals surface area (Å²) in [5.41, 5.74) is 10.3. The van der Waals surface area contributed by atoms with Crippen LogP contribution in [0.1, 0.15) is 27.3 Å². The van der Waals surface area contributed by atoms with Crippen LogP contribution in [0.15, 0.2) is 30.3 Å². The largest absolute Gasteiger partial charge is 0.398 e. The van der Waals surface area contributed by atoms with Gasteiger partial charge in [0.2, 0.25) is 0 Å². The van der Waals surface area contributed by atoms with Gasteiger partial charge in [0.1, 0.15) is 0 Å². The van der Waals surface area contributed by atoms with E-state index in [4.69, 9.17) is 5.73 Å². The van der Waals surface area contributed by atoms with Crippen molar-refractivity contribution in [3.05, 3.63) is 52.8 Å². The predicted octanol–water partition coefficient (Wildman–Crippen LogP) is 2.84. The number of benzene rings is 1. The van der Waals surface area contributed by atoms with Gasteiger partial charge in [0.15, 0.2) is 0 Å². The minimum absolute atomic E-state index is 0.168. The minimum Gasteiger partial charge on any atom is -0.398 e. The fourth-order valence-corrected chi connectivity index (χ4v) is 1.91. The molecule has 0 unspecified atom stereocenters. The van der Waals surface area contributed by atoms with E-state index in [0.29, 0.717) is 11.3 Å². The van der Waals surface area contributed by atoms with E-state index in [9.17, 15) is 4.79 Å². The van der Waals surface area contributed by atoms with E-state index in [2.05, 4.69) is 10.3 Å². The minimum atomic E-state index is -0.168. The number of carbonyl (C=O) groups is 1. The number of aromatic nitrogens is 1. The van der Waals surface area contributed by atoms with Crippen LogP contribution in [0.2, 0.25) is 0 Å². The van der Waals surface area contributed by atoms with Gasteiger partial charge in [-0.15, -0.1) is 0 Å². The maximum atomic E-state index is 12.2. The van der Waals surface area contributed by atoms with Gasteiger partial charge < -0.3 is 11.1 Å². The molecular weight excluding hydrogens is 238 g/mol. The number of rotatable bonds is 2. The summed E-state index contributed by atoms with van der Waals surface area (Å²) in [6, 6.07) is 9.07. The second-order valence-electron chi connectivity index (χ2n) is 4.56. The SMILES string of the molecule is Cc1ccc(C(=O)Nc2cccc(N)c2C)c(C)n1. The third-order valence-corrected chi connectivity index (χ3v) is 3.09. The molecule has 2 aromatic rings. The summed E-state index contributed by atoms with van der Waals surface area (Å²) in [5, 5.41) is 2.87. The number of nitrogens with one attached hydrogen (secondary N) is 1. The number of aryl methyl sites for hydroxylation is 2. The smallest absolute Gasteiger partial charge is 0.257 e. The Morgan fingerprint density at radius 1 is 1.16 bits per heavy atom. The van der Waals surface area contributed by atoms with Gasteiger partial charge in [-0.3, -0.25) is 9.78 Å². The number of nitrogens with two attached hydrogens (primary N) is 1. The van der Waals surface area contributed by atoms with Crippen molar-refractivity contribution in [2.75, 3.05) is 11.1 Å². The highest BCUT2D eigenvalue weighted by Crippen LogP contribution is 2.21. The summed E-state index contributed by atoms with van der Waals surface area (Å²) < 4.78 is 0. The lowest BCUT2D eigenvalue weighted by atomic mass is 10.1. The van der Waals surface area contributed by atoms with Crippen LogP contribution >= 0.6 is 0 Å².